The second-order valence-corrected chi connectivity index (χ2v) is 8.76. The Morgan fingerprint density at radius 2 is 1.83 bits per heavy atom. The topological polar surface area (TPSA) is 74.6 Å². The molecule has 1 fully saturated rings. The summed E-state index contributed by atoms with van der Waals surface area (Å²) in [6, 6.07) is 7.22. The average molecular weight is 503 g/mol. The fourth-order valence-corrected chi connectivity index (χ4v) is 4.56. The highest BCUT2D eigenvalue weighted by Crippen LogP contribution is 2.20. The van der Waals surface area contributed by atoms with Crippen LogP contribution < -0.4 is 10.9 Å². The van der Waals surface area contributed by atoms with Gasteiger partial charge in [-0.3, -0.25) is 9.59 Å². The maximum atomic E-state index is 14.1. The van der Waals surface area contributed by atoms with Crippen LogP contribution in [0.5, 0.6) is 0 Å². The number of carboxylic acid groups (broad SMARTS) is 1. The van der Waals surface area contributed by atoms with Gasteiger partial charge in [0.2, 0.25) is 0 Å². The first-order valence-electron chi connectivity index (χ1n) is 11.5. The van der Waals surface area contributed by atoms with Gasteiger partial charge in [0.15, 0.2) is 0 Å². The summed E-state index contributed by atoms with van der Waals surface area (Å²) in [5.41, 5.74) is -0.155. The maximum Gasteiger partial charge on any atom is 0.309 e. The fourth-order valence-electron chi connectivity index (χ4n) is 4.56. The van der Waals surface area contributed by atoms with Crippen LogP contribution in [0.25, 0.3) is 17.0 Å². The van der Waals surface area contributed by atoms with Crippen molar-refractivity contribution in [2.24, 2.45) is 5.92 Å². The van der Waals surface area contributed by atoms with E-state index in [0.29, 0.717) is 19.5 Å². The van der Waals surface area contributed by atoms with Crippen molar-refractivity contribution in [2.45, 2.75) is 19.0 Å². The fraction of sp³-hybridized carbons (Fsp3) is 0.308. The molecule has 1 saturated heterocycles. The first-order chi connectivity index (χ1) is 17.2. The van der Waals surface area contributed by atoms with Crippen LogP contribution in [-0.4, -0.2) is 52.8 Å². The van der Waals surface area contributed by atoms with Gasteiger partial charge in [0.1, 0.15) is 23.3 Å². The van der Waals surface area contributed by atoms with E-state index in [1.807, 2.05) is 4.90 Å². The second kappa shape index (κ2) is 11.0. The van der Waals surface area contributed by atoms with E-state index in [0.717, 1.165) is 30.3 Å². The van der Waals surface area contributed by atoms with Crippen molar-refractivity contribution < 1.29 is 27.5 Å². The van der Waals surface area contributed by atoms with Crippen LogP contribution in [-0.2, 0) is 11.3 Å². The maximum absolute atomic E-state index is 14.1. The van der Waals surface area contributed by atoms with Gasteiger partial charge in [0.05, 0.1) is 11.4 Å². The van der Waals surface area contributed by atoms with Crippen LogP contribution in [0.4, 0.5) is 17.6 Å². The van der Waals surface area contributed by atoms with Gasteiger partial charge >= 0.3 is 5.97 Å². The molecule has 2 aromatic carbocycles. The van der Waals surface area contributed by atoms with Gasteiger partial charge in [-0.1, -0.05) is 12.2 Å². The third kappa shape index (κ3) is 5.83. The molecule has 0 amide bonds. The minimum Gasteiger partial charge on any atom is -0.481 e. The number of carbonyl (C=O) groups is 1. The van der Waals surface area contributed by atoms with E-state index in [-0.39, 0.29) is 42.1 Å². The Morgan fingerprint density at radius 1 is 1.03 bits per heavy atom. The molecule has 0 unspecified atom stereocenters. The van der Waals surface area contributed by atoms with Gasteiger partial charge in [-0.15, -0.1) is 0 Å². The first-order valence-corrected chi connectivity index (χ1v) is 11.5. The van der Waals surface area contributed by atoms with Gasteiger partial charge < -0.3 is 19.9 Å². The molecular formula is C26H25F4N3O3. The van der Waals surface area contributed by atoms with Crippen LogP contribution >= 0.6 is 0 Å². The van der Waals surface area contributed by atoms with E-state index in [1.54, 1.807) is 6.08 Å². The van der Waals surface area contributed by atoms with Crippen molar-refractivity contribution >= 4 is 22.9 Å². The lowest BCUT2D eigenvalue weighted by molar-refractivity contribution is -0.144. The molecule has 4 rings (SSSR count). The number of halogens is 4. The Labute approximate surface area is 204 Å². The molecule has 0 radical (unpaired) electrons. The number of aromatic nitrogens is 1. The highest BCUT2D eigenvalue weighted by atomic mass is 19.1. The molecule has 3 aromatic rings. The SMILES string of the molecule is O=C(O)[C@@H]1CN(CCn2c(=O)ccc3c(F)cc(F)cc32)CC[C@H]1NC/C=C/c1cc(F)ccc1F. The minimum absolute atomic E-state index is 0.102. The zero-order valence-electron chi connectivity index (χ0n) is 19.3. The van der Waals surface area contributed by atoms with Crippen LogP contribution in [0.1, 0.15) is 12.0 Å². The molecule has 1 aliphatic heterocycles. The Kier molecular flexibility index (Phi) is 7.85. The summed E-state index contributed by atoms with van der Waals surface area (Å²) in [4.78, 5) is 26.2. The zero-order chi connectivity index (χ0) is 25.8. The van der Waals surface area contributed by atoms with E-state index >= 15 is 0 Å². The van der Waals surface area contributed by atoms with Crippen molar-refractivity contribution in [3.63, 3.8) is 0 Å². The molecule has 2 N–H and O–H groups in total. The van der Waals surface area contributed by atoms with Crippen molar-refractivity contribution in [3.8, 4) is 0 Å². The third-order valence-electron chi connectivity index (χ3n) is 6.43. The first kappa shape index (κ1) is 25.6. The lowest BCUT2D eigenvalue weighted by Gasteiger charge is -2.37. The number of rotatable bonds is 8. The summed E-state index contributed by atoms with van der Waals surface area (Å²) in [7, 11) is 0. The van der Waals surface area contributed by atoms with Crippen LogP contribution in [0.2, 0.25) is 0 Å². The van der Waals surface area contributed by atoms with E-state index in [1.165, 1.54) is 22.8 Å². The predicted octanol–water partition coefficient (Wildman–Crippen LogP) is 3.64. The Morgan fingerprint density at radius 3 is 2.61 bits per heavy atom. The summed E-state index contributed by atoms with van der Waals surface area (Å²) < 4.78 is 56.2. The van der Waals surface area contributed by atoms with Crippen LogP contribution in [0.15, 0.2) is 53.3 Å². The number of likely N-dealkylation sites (tertiary alicyclic amines) is 1. The molecule has 36 heavy (non-hydrogen) atoms. The van der Waals surface area contributed by atoms with Crippen LogP contribution in [0.3, 0.4) is 0 Å². The molecule has 0 bridgehead atoms. The van der Waals surface area contributed by atoms with Gasteiger partial charge in [0.25, 0.3) is 5.56 Å². The number of aliphatic carboxylic acids is 1. The summed E-state index contributed by atoms with van der Waals surface area (Å²) in [5.74, 6) is -4.37. The summed E-state index contributed by atoms with van der Waals surface area (Å²) >= 11 is 0. The predicted molar refractivity (Wildman–Crippen MR) is 127 cm³/mol. The quantitative estimate of drug-likeness (QED) is 0.460. The number of piperidine rings is 1. The number of nitrogens with one attached hydrogen (secondary N) is 1. The molecular weight excluding hydrogens is 478 g/mol. The van der Waals surface area contributed by atoms with E-state index in [4.69, 9.17) is 0 Å². The van der Waals surface area contributed by atoms with E-state index < -0.39 is 40.7 Å². The number of hydrogen-bond acceptors (Lipinski definition) is 4. The number of fused-ring (bicyclic) bond motifs is 1. The second-order valence-electron chi connectivity index (χ2n) is 8.76. The number of carboxylic acids is 1. The number of nitrogens with zero attached hydrogens (tertiary/aromatic N) is 2. The number of hydrogen-bond donors (Lipinski definition) is 2. The van der Waals surface area contributed by atoms with Crippen LogP contribution in [0, 0.1) is 29.2 Å². The Balaban J connectivity index is 1.38. The summed E-state index contributed by atoms with van der Waals surface area (Å²) in [6.07, 6.45) is 3.55. The van der Waals surface area contributed by atoms with Crippen molar-refractivity contribution in [1.82, 2.24) is 14.8 Å². The molecule has 6 nitrogen and oxygen atoms in total. The molecule has 0 aliphatic carbocycles. The highest BCUT2D eigenvalue weighted by Gasteiger charge is 2.33. The molecule has 1 aliphatic rings. The van der Waals surface area contributed by atoms with Crippen molar-refractivity contribution in [2.75, 3.05) is 26.2 Å². The largest absolute Gasteiger partial charge is 0.481 e. The van der Waals surface area contributed by atoms with E-state index in [9.17, 15) is 32.3 Å². The standard InChI is InChI=1S/C26H25F4N3O3/c27-17-3-5-21(29)16(12-17)2-1-8-31-23-7-9-32(15-20(23)26(35)36)10-11-33-24-14-18(28)13-22(30)19(24)4-6-25(33)34/h1-6,12-14,20,23,31H,7-11,15H2,(H,35,36)/b2-1+/t20-,23-/m1/s1. The lowest BCUT2D eigenvalue weighted by atomic mass is 9.92. The highest BCUT2D eigenvalue weighted by molar-refractivity contribution is 5.79. The minimum atomic E-state index is -0.983. The van der Waals surface area contributed by atoms with Gasteiger partial charge in [-0.25, -0.2) is 17.6 Å². The average Bonchev–Trinajstić information content (AvgIpc) is 2.83. The van der Waals surface area contributed by atoms with Gasteiger partial charge in [-0.05, 0) is 43.3 Å². The number of benzene rings is 2. The van der Waals surface area contributed by atoms with Crippen molar-refractivity contribution in [3.05, 3.63) is 87.7 Å². The monoisotopic (exact) mass is 503 g/mol. The molecule has 0 saturated carbocycles. The summed E-state index contributed by atoms with van der Waals surface area (Å²) in [5, 5.41) is 13.0. The van der Waals surface area contributed by atoms with E-state index in [2.05, 4.69) is 5.32 Å². The van der Waals surface area contributed by atoms with Gasteiger partial charge in [0, 0.05) is 55.3 Å². The lowest BCUT2D eigenvalue weighted by Crippen LogP contribution is -2.52. The smallest absolute Gasteiger partial charge is 0.309 e. The molecule has 2 heterocycles. The molecule has 190 valence electrons. The molecule has 0 spiro atoms. The zero-order valence-corrected chi connectivity index (χ0v) is 19.3. The van der Waals surface area contributed by atoms with Crippen molar-refractivity contribution in [1.29, 1.82) is 0 Å². The summed E-state index contributed by atoms with van der Waals surface area (Å²) in [6.45, 7) is 1.51. The van der Waals surface area contributed by atoms with Gasteiger partial charge in [-0.2, -0.15) is 0 Å². The molecule has 1 aromatic heterocycles. The third-order valence-corrected chi connectivity index (χ3v) is 6.43. The molecule has 2 atom stereocenters. The molecule has 10 heteroatoms. The Bertz CT molecular complexity index is 1360. The normalized spacial score (nSPS) is 18.8. The Hall–Kier alpha value is -3.50. The number of pyridine rings is 1.